The van der Waals surface area contributed by atoms with Crippen molar-refractivity contribution in [1.82, 2.24) is 19.5 Å². The van der Waals surface area contributed by atoms with E-state index in [-0.39, 0.29) is 0 Å². The lowest BCUT2D eigenvalue weighted by molar-refractivity contribution is 0.948. The molecule has 5 aromatic rings. The number of aromatic nitrogens is 4. The molecule has 28 heavy (non-hydrogen) atoms. The summed E-state index contributed by atoms with van der Waals surface area (Å²) in [6, 6.07) is 22.4. The van der Waals surface area contributed by atoms with E-state index in [0.717, 1.165) is 50.1 Å². The van der Waals surface area contributed by atoms with E-state index >= 15 is 0 Å². The van der Waals surface area contributed by atoms with Crippen molar-refractivity contribution in [3.8, 4) is 22.5 Å². The average molecular weight is 385 g/mol. The number of benzene rings is 3. The van der Waals surface area contributed by atoms with E-state index in [9.17, 15) is 0 Å². The molecule has 2 heterocycles. The van der Waals surface area contributed by atoms with E-state index < -0.39 is 0 Å². The fraction of sp³-hybridized carbons (Fsp3) is 0.0870. The first kappa shape index (κ1) is 16.9. The predicted octanol–water partition coefficient (Wildman–Crippen LogP) is 5.59. The van der Waals surface area contributed by atoms with Gasteiger partial charge in [-0.25, -0.2) is 15.0 Å². The van der Waals surface area contributed by atoms with Gasteiger partial charge in [0.2, 0.25) is 0 Å². The van der Waals surface area contributed by atoms with Crippen molar-refractivity contribution in [2.75, 3.05) is 0 Å². The van der Waals surface area contributed by atoms with E-state index in [1.807, 2.05) is 54.3 Å². The highest BCUT2D eigenvalue weighted by Gasteiger charge is 2.14. The second-order valence-corrected chi connectivity index (χ2v) is 7.07. The third-order valence-corrected chi connectivity index (χ3v) is 5.25. The molecule has 0 aliphatic carbocycles. The number of aryl methyl sites for hydroxylation is 1. The molecule has 0 aliphatic rings. The Balaban J connectivity index is 1.81. The van der Waals surface area contributed by atoms with Gasteiger partial charge in [-0.15, -0.1) is 11.6 Å². The van der Waals surface area contributed by atoms with Gasteiger partial charge in [-0.3, -0.25) is 0 Å². The molecule has 0 saturated heterocycles. The highest BCUT2D eigenvalue weighted by atomic mass is 35.5. The van der Waals surface area contributed by atoms with Gasteiger partial charge in [-0.1, -0.05) is 54.6 Å². The van der Waals surface area contributed by atoms with E-state index in [4.69, 9.17) is 21.6 Å². The molecular formula is C23H17ClN4. The normalized spacial score (nSPS) is 11.4. The fourth-order valence-corrected chi connectivity index (χ4v) is 3.61. The van der Waals surface area contributed by atoms with Crippen LogP contribution in [0.4, 0.5) is 0 Å². The molecule has 0 radical (unpaired) electrons. The summed E-state index contributed by atoms with van der Waals surface area (Å²) in [7, 11) is 1.99. The highest BCUT2D eigenvalue weighted by Crippen LogP contribution is 2.32. The summed E-state index contributed by atoms with van der Waals surface area (Å²) in [5, 5.41) is 0. The molecule has 0 amide bonds. The molecule has 136 valence electrons. The predicted molar refractivity (Wildman–Crippen MR) is 114 cm³/mol. The van der Waals surface area contributed by atoms with Gasteiger partial charge in [0.25, 0.3) is 0 Å². The van der Waals surface area contributed by atoms with Crippen molar-refractivity contribution in [2.45, 2.75) is 5.88 Å². The Labute approximate surface area is 167 Å². The third-order valence-electron chi connectivity index (χ3n) is 4.94. The van der Waals surface area contributed by atoms with Crippen molar-refractivity contribution in [3.05, 3.63) is 78.6 Å². The Bertz CT molecular complexity index is 1290. The number of alkyl halides is 1. The van der Waals surface area contributed by atoms with E-state index in [1.165, 1.54) is 0 Å². The van der Waals surface area contributed by atoms with Gasteiger partial charge >= 0.3 is 0 Å². The average Bonchev–Trinajstić information content (AvgIpc) is 3.11. The van der Waals surface area contributed by atoms with Crippen LogP contribution < -0.4 is 0 Å². The second-order valence-electron chi connectivity index (χ2n) is 6.80. The summed E-state index contributed by atoms with van der Waals surface area (Å²) in [5.74, 6) is 0.493. The molecule has 0 aliphatic heterocycles. The van der Waals surface area contributed by atoms with Gasteiger partial charge in [0, 0.05) is 24.1 Å². The number of halogens is 1. The van der Waals surface area contributed by atoms with E-state index in [1.54, 1.807) is 0 Å². The quantitative estimate of drug-likeness (QED) is 0.381. The zero-order chi connectivity index (χ0) is 19.1. The van der Waals surface area contributed by atoms with Crippen LogP contribution >= 0.6 is 11.6 Å². The number of fused-ring (bicyclic) bond motifs is 2. The molecule has 4 nitrogen and oxygen atoms in total. The number of imidazole rings is 1. The van der Waals surface area contributed by atoms with Gasteiger partial charge in [0.1, 0.15) is 0 Å². The van der Waals surface area contributed by atoms with Gasteiger partial charge in [0.05, 0.1) is 39.8 Å². The van der Waals surface area contributed by atoms with Crippen LogP contribution in [-0.4, -0.2) is 19.5 Å². The van der Waals surface area contributed by atoms with Crippen molar-refractivity contribution >= 4 is 33.7 Å². The van der Waals surface area contributed by atoms with Crippen LogP contribution in [0.15, 0.2) is 73.1 Å². The van der Waals surface area contributed by atoms with Crippen LogP contribution in [-0.2, 0) is 12.9 Å². The Kier molecular flexibility index (Phi) is 4.06. The number of hydrogen-bond acceptors (Lipinski definition) is 3. The first-order chi connectivity index (χ1) is 13.7. The third kappa shape index (κ3) is 2.83. The maximum absolute atomic E-state index is 5.95. The topological polar surface area (TPSA) is 43.6 Å². The summed E-state index contributed by atoms with van der Waals surface area (Å²) < 4.78 is 2.00. The number of nitrogens with zero attached hydrogens (tertiary/aromatic N) is 4. The van der Waals surface area contributed by atoms with Crippen LogP contribution in [0.5, 0.6) is 0 Å². The van der Waals surface area contributed by atoms with Crippen LogP contribution in [0.25, 0.3) is 44.6 Å². The maximum Gasteiger partial charge on any atom is 0.0973 e. The zero-order valence-electron chi connectivity index (χ0n) is 15.3. The molecule has 0 spiro atoms. The molecule has 0 N–H and O–H groups in total. The molecule has 0 atom stereocenters. The second kappa shape index (κ2) is 6.73. The molecule has 2 aromatic heterocycles. The van der Waals surface area contributed by atoms with Gasteiger partial charge in [-0.2, -0.15) is 0 Å². The van der Waals surface area contributed by atoms with E-state index in [2.05, 4.69) is 35.3 Å². The van der Waals surface area contributed by atoms with Crippen LogP contribution in [0, 0.1) is 0 Å². The molecular weight excluding hydrogens is 368 g/mol. The van der Waals surface area contributed by atoms with Gasteiger partial charge in [-0.05, 0) is 17.7 Å². The van der Waals surface area contributed by atoms with Crippen molar-refractivity contribution in [2.24, 2.45) is 7.05 Å². The van der Waals surface area contributed by atoms with Crippen molar-refractivity contribution in [3.63, 3.8) is 0 Å². The first-order valence-electron chi connectivity index (χ1n) is 9.06. The van der Waals surface area contributed by atoms with Crippen LogP contribution in [0.3, 0.4) is 0 Å². The standard InChI is InChI=1S/C23H17ClN4/c1-28-14-25-20-11-18-19(12-21(20)28)27-22(16-5-3-2-4-6-16)23(26-18)17-9-7-15(13-24)8-10-17/h2-12,14H,13H2,1H3. The molecule has 5 rings (SSSR count). The Morgan fingerprint density at radius 3 is 2.11 bits per heavy atom. The minimum Gasteiger partial charge on any atom is -0.334 e. The molecule has 0 fully saturated rings. The van der Waals surface area contributed by atoms with Gasteiger partial charge in [0.15, 0.2) is 0 Å². The molecule has 0 bridgehead atoms. The number of rotatable bonds is 3. The minimum atomic E-state index is 0.493. The van der Waals surface area contributed by atoms with Crippen LogP contribution in [0.2, 0.25) is 0 Å². The minimum absolute atomic E-state index is 0.493. The SMILES string of the molecule is Cn1cnc2cc3nc(-c4ccc(CCl)cc4)c(-c4ccccc4)nc3cc21. The largest absolute Gasteiger partial charge is 0.334 e. The maximum atomic E-state index is 5.95. The first-order valence-corrected chi connectivity index (χ1v) is 9.60. The van der Waals surface area contributed by atoms with Crippen molar-refractivity contribution in [1.29, 1.82) is 0 Å². The van der Waals surface area contributed by atoms with Crippen molar-refractivity contribution < 1.29 is 0 Å². The van der Waals surface area contributed by atoms with E-state index in [0.29, 0.717) is 5.88 Å². The Morgan fingerprint density at radius 1 is 0.786 bits per heavy atom. The lowest BCUT2D eigenvalue weighted by Crippen LogP contribution is -1.96. The summed E-state index contributed by atoms with van der Waals surface area (Å²) in [5.41, 5.74) is 8.51. The summed E-state index contributed by atoms with van der Waals surface area (Å²) >= 11 is 5.95. The number of hydrogen-bond donors (Lipinski definition) is 0. The monoisotopic (exact) mass is 384 g/mol. The van der Waals surface area contributed by atoms with Crippen LogP contribution in [0.1, 0.15) is 5.56 Å². The Hall–Kier alpha value is -3.24. The fourth-order valence-electron chi connectivity index (χ4n) is 3.43. The molecule has 0 unspecified atom stereocenters. The summed E-state index contributed by atoms with van der Waals surface area (Å²) in [4.78, 5) is 14.5. The smallest absolute Gasteiger partial charge is 0.0973 e. The van der Waals surface area contributed by atoms with Gasteiger partial charge < -0.3 is 4.57 Å². The highest BCUT2D eigenvalue weighted by molar-refractivity contribution is 6.17. The summed E-state index contributed by atoms with van der Waals surface area (Å²) in [6.07, 6.45) is 1.81. The molecule has 0 saturated carbocycles. The summed E-state index contributed by atoms with van der Waals surface area (Å²) in [6.45, 7) is 0. The zero-order valence-corrected chi connectivity index (χ0v) is 16.1. The Morgan fingerprint density at radius 2 is 1.43 bits per heavy atom. The molecule has 5 heteroatoms. The lowest BCUT2D eigenvalue weighted by Gasteiger charge is -2.11. The molecule has 3 aromatic carbocycles. The lowest BCUT2D eigenvalue weighted by atomic mass is 10.0.